The summed E-state index contributed by atoms with van der Waals surface area (Å²) in [6.45, 7) is 0. The van der Waals surface area contributed by atoms with Crippen molar-refractivity contribution in [3.8, 4) is 0 Å². The van der Waals surface area contributed by atoms with Gasteiger partial charge in [-0.05, 0) is 0 Å². The van der Waals surface area contributed by atoms with Crippen LogP contribution in [0.2, 0.25) is 0 Å². The van der Waals surface area contributed by atoms with Gasteiger partial charge in [0.1, 0.15) is 0 Å². The Kier molecular flexibility index (Phi) is 4.02. The molecular weight excluding hydrogens is 238 g/mol. The van der Waals surface area contributed by atoms with Crippen molar-refractivity contribution < 1.29 is 19.8 Å². The Morgan fingerprint density at radius 1 is 1.00 bits per heavy atom. The van der Waals surface area contributed by atoms with Crippen molar-refractivity contribution in [2.45, 2.75) is 0 Å². The van der Waals surface area contributed by atoms with Crippen LogP contribution in [0.3, 0.4) is 0 Å². The summed E-state index contributed by atoms with van der Waals surface area (Å²) < 4.78 is -1.79. The van der Waals surface area contributed by atoms with Crippen LogP contribution < -0.4 is 0 Å². The van der Waals surface area contributed by atoms with Crippen molar-refractivity contribution in [3.63, 3.8) is 0 Å². The van der Waals surface area contributed by atoms with Gasteiger partial charge in [-0.25, -0.2) is 0 Å². The van der Waals surface area contributed by atoms with Gasteiger partial charge >= 0.3 is 56.7 Å². The van der Waals surface area contributed by atoms with E-state index in [0.717, 1.165) is 0 Å². The first-order valence-corrected chi connectivity index (χ1v) is 10.2. The van der Waals surface area contributed by atoms with E-state index in [0.29, 0.717) is 0 Å². The maximum absolute atomic E-state index is 9.73. The molecule has 0 aromatic carbocycles. The standard InChI is InChI=1S/C2H4As2O4/c5-1(6)3-4-2(7)8/h3-4H,(H,5,6)(H,7,8). The minimum absolute atomic E-state index is 0.896. The fourth-order valence-corrected chi connectivity index (χ4v) is 2.89. The summed E-state index contributed by atoms with van der Waals surface area (Å²) in [5.74, 6) is 0. The number of hydrogen-bond acceptors (Lipinski definition) is 2. The second-order valence-corrected chi connectivity index (χ2v) is 9.16. The molecule has 0 radical (unpaired) electrons. The first-order valence-electron chi connectivity index (χ1n) is 1.61. The van der Waals surface area contributed by atoms with Crippen LogP contribution >= 0.6 is 0 Å². The summed E-state index contributed by atoms with van der Waals surface area (Å²) in [5, 5.41) is 16.0. The van der Waals surface area contributed by atoms with E-state index in [-0.39, 0.29) is 0 Å². The first-order chi connectivity index (χ1) is 3.63. The zero-order valence-electron chi connectivity index (χ0n) is 3.71. The van der Waals surface area contributed by atoms with Crippen LogP contribution in [0, 0.1) is 0 Å². The molecule has 0 aromatic heterocycles. The number of hydrogen-bond donors (Lipinski definition) is 2. The quantitative estimate of drug-likeness (QED) is 0.631. The van der Waals surface area contributed by atoms with Crippen LogP contribution in [0.25, 0.3) is 0 Å². The van der Waals surface area contributed by atoms with Gasteiger partial charge in [0.25, 0.3) is 0 Å². The Morgan fingerprint density at radius 3 is 1.38 bits per heavy atom. The van der Waals surface area contributed by atoms with Gasteiger partial charge < -0.3 is 0 Å². The molecule has 8 heavy (non-hydrogen) atoms. The minimum atomic E-state index is -1.15. The van der Waals surface area contributed by atoms with E-state index in [1.165, 1.54) is 0 Å². The van der Waals surface area contributed by atoms with Crippen molar-refractivity contribution in [2.24, 2.45) is 0 Å². The average molecular weight is 242 g/mol. The molecule has 46 valence electrons. The second-order valence-electron chi connectivity index (χ2n) is 0.860. The zero-order chi connectivity index (χ0) is 6.57. The van der Waals surface area contributed by atoms with Gasteiger partial charge in [-0.3, -0.25) is 0 Å². The molecule has 2 N–H and O–H groups in total. The third-order valence-electron chi connectivity index (χ3n) is 0.276. The molecule has 0 spiro atoms. The zero-order valence-corrected chi connectivity index (χ0v) is 7.91. The second kappa shape index (κ2) is 3.99. The Balaban J connectivity index is 3.18. The van der Waals surface area contributed by atoms with E-state index in [4.69, 9.17) is 10.2 Å². The van der Waals surface area contributed by atoms with E-state index in [1.807, 2.05) is 0 Å². The predicted octanol–water partition coefficient (Wildman–Crippen LogP) is -0.870. The van der Waals surface area contributed by atoms with Crippen LogP contribution in [-0.2, 0) is 0 Å². The van der Waals surface area contributed by atoms with Gasteiger partial charge in [0.05, 0.1) is 0 Å². The summed E-state index contributed by atoms with van der Waals surface area (Å²) >= 11 is -2.30. The molecule has 4 nitrogen and oxygen atoms in total. The van der Waals surface area contributed by atoms with Gasteiger partial charge in [-0.2, -0.15) is 0 Å². The van der Waals surface area contributed by atoms with Crippen molar-refractivity contribution >= 4 is 36.9 Å². The average Bonchev–Trinajstić information content (AvgIpc) is 1.61. The molecule has 0 aliphatic rings. The topological polar surface area (TPSA) is 74.6 Å². The molecule has 0 saturated carbocycles. The number of rotatable bonds is 3. The molecule has 0 bridgehead atoms. The van der Waals surface area contributed by atoms with Crippen molar-refractivity contribution in [2.75, 3.05) is 0 Å². The molecular formula is C2H4As2O4. The molecule has 0 aliphatic heterocycles. The summed E-state index contributed by atoms with van der Waals surface area (Å²) in [7, 11) is 0. The molecule has 0 aliphatic carbocycles. The fraction of sp³-hybridized carbons (Fsp3) is 0. The van der Waals surface area contributed by atoms with Crippen LogP contribution in [0.4, 0.5) is 9.59 Å². The Bertz CT molecular complexity index is 96.6. The molecule has 0 heterocycles. The Labute approximate surface area is 56.9 Å². The molecule has 0 fully saturated rings. The summed E-state index contributed by atoms with van der Waals surface area (Å²) in [6.07, 6.45) is 0. The normalized spacial score (nSPS) is 11.5. The van der Waals surface area contributed by atoms with Crippen molar-refractivity contribution in [1.82, 2.24) is 0 Å². The molecule has 0 rings (SSSR count). The van der Waals surface area contributed by atoms with Crippen LogP contribution in [-0.4, -0.2) is 47.1 Å². The third-order valence-corrected chi connectivity index (χ3v) is 7.46. The van der Waals surface area contributed by atoms with Crippen LogP contribution in [0.1, 0.15) is 0 Å². The van der Waals surface area contributed by atoms with Gasteiger partial charge in [0.15, 0.2) is 0 Å². The number of carbonyl (C=O) groups is 2. The Hall–Kier alpha value is 0.0569. The third kappa shape index (κ3) is 6.06. The van der Waals surface area contributed by atoms with Gasteiger partial charge in [-0.1, -0.05) is 0 Å². The van der Waals surface area contributed by atoms with E-state index >= 15 is 0 Å². The molecule has 0 saturated heterocycles. The summed E-state index contributed by atoms with van der Waals surface area (Å²) in [5.41, 5.74) is 0. The van der Waals surface area contributed by atoms with Crippen molar-refractivity contribution in [3.05, 3.63) is 0 Å². The van der Waals surface area contributed by atoms with Crippen LogP contribution in [0.5, 0.6) is 0 Å². The van der Waals surface area contributed by atoms with Crippen molar-refractivity contribution in [1.29, 1.82) is 0 Å². The number of carboxylic acid groups (broad SMARTS) is 2. The summed E-state index contributed by atoms with van der Waals surface area (Å²) in [6, 6.07) is 0. The SMILES string of the molecule is O=C(O)[AsH][AsH]C(=O)O. The van der Waals surface area contributed by atoms with Crippen LogP contribution in [0.15, 0.2) is 0 Å². The monoisotopic (exact) mass is 242 g/mol. The van der Waals surface area contributed by atoms with Gasteiger partial charge in [0, 0.05) is 0 Å². The molecule has 2 unspecified atom stereocenters. The van der Waals surface area contributed by atoms with E-state index in [2.05, 4.69) is 0 Å². The van der Waals surface area contributed by atoms with Gasteiger partial charge in [0.2, 0.25) is 0 Å². The Morgan fingerprint density at radius 2 is 1.25 bits per heavy atom. The molecule has 0 amide bonds. The predicted molar refractivity (Wildman–Crippen MR) is 30.3 cm³/mol. The van der Waals surface area contributed by atoms with E-state index in [9.17, 15) is 9.59 Å². The van der Waals surface area contributed by atoms with Gasteiger partial charge in [-0.15, -0.1) is 0 Å². The molecule has 6 heteroatoms. The van der Waals surface area contributed by atoms with E-state index < -0.39 is 36.9 Å². The first kappa shape index (κ1) is 8.06. The maximum atomic E-state index is 9.73. The fourth-order valence-electron chi connectivity index (χ4n) is 0.107. The molecule has 0 aromatic rings. The van der Waals surface area contributed by atoms with E-state index in [1.54, 1.807) is 0 Å². The molecule has 2 atom stereocenters. The summed E-state index contributed by atoms with van der Waals surface area (Å²) in [4.78, 5) is 19.5.